The van der Waals surface area contributed by atoms with Crippen LogP contribution in [0.15, 0.2) is 84.3 Å². The van der Waals surface area contributed by atoms with E-state index >= 15 is 0 Å². The van der Waals surface area contributed by atoms with Crippen LogP contribution in [0.4, 0.5) is 16.0 Å². The van der Waals surface area contributed by atoms with Crippen molar-refractivity contribution < 1.29 is 18.7 Å². The molecule has 1 aromatic heterocycles. The van der Waals surface area contributed by atoms with Crippen LogP contribution in [0.25, 0.3) is 0 Å². The van der Waals surface area contributed by atoms with Crippen molar-refractivity contribution in [1.82, 2.24) is 14.8 Å². The van der Waals surface area contributed by atoms with Crippen LogP contribution in [0.3, 0.4) is 0 Å². The summed E-state index contributed by atoms with van der Waals surface area (Å²) in [5.74, 6) is 1.04. The molecule has 1 amide bonds. The lowest BCUT2D eigenvalue weighted by atomic mass is 9.95. The smallest absolute Gasteiger partial charge is 0.255 e. The molecule has 10 heteroatoms. The highest BCUT2D eigenvalue weighted by atomic mass is 35.5. The van der Waals surface area contributed by atoms with Crippen molar-refractivity contribution in [2.45, 2.75) is 19.6 Å². The third-order valence-corrected chi connectivity index (χ3v) is 6.38. The predicted molar refractivity (Wildman–Crippen MR) is 138 cm³/mol. The summed E-state index contributed by atoms with van der Waals surface area (Å²) in [4.78, 5) is 17.7. The van der Waals surface area contributed by atoms with Crippen molar-refractivity contribution in [1.29, 1.82) is 0 Å². The van der Waals surface area contributed by atoms with Gasteiger partial charge in [-0.2, -0.15) is 10.1 Å². The number of carbonyl (C=O) groups is 1. The lowest BCUT2D eigenvalue weighted by Gasteiger charge is -2.28. The molecule has 0 radical (unpaired) electrons. The molecule has 37 heavy (non-hydrogen) atoms. The molecule has 1 atom stereocenters. The van der Waals surface area contributed by atoms with Crippen molar-refractivity contribution in [2.24, 2.45) is 0 Å². The van der Waals surface area contributed by atoms with Crippen molar-refractivity contribution in [3.05, 3.63) is 106 Å². The van der Waals surface area contributed by atoms with Gasteiger partial charge in [-0.1, -0.05) is 29.8 Å². The van der Waals surface area contributed by atoms with Crippen LogP contribution in [0.1, 0.15) is 24.1 Å². The number of hydrogen-bond acceptors (Lipinski definition) is 6. The summed E-state index contributed by atoms with van der Waals surface area (Å²) in [7, 11) is 1.58. The van der Waals surface area contributed by atoms with Gasteiger partial charge < -0.3 is 20.1 Å². The second kappa shape index (κ2) is 10.3. The zero-order valence-electron chi connectivity index (χ0n) is 20.0. The van der Waals surface area contributed by atoms with Crippen molar-refractivity contribution in [2.75, 3.05) is 17.7 Å². The number of methoxy groups -OCH3 is 1. The highest BCUT2D eigenvalue weighted by molar-refractivity contribution is 6.31. The molecule has 2 N–H and O–H groups in total. The Kier molecular flexibility index (Phi) is 6.78. The first-order valence-electron chi connectivity index (χ1n) is 11.4. The van der Waals surface area contributed by atoms with E-state index in [-0.39, 0.29) is 18.1 Å². The molecule has 0 fully saturated rings. The van der Waals surface area contributed by atoms with E-state index in [1.165, 1.54) is 12.4 Å². The second-order valence-corrected chi connectivity index (χ2v) is 8.74. The number of anilines is 2. The van der Waals surface area contributed by atoms with Gasteiger partial charge in [0.25, 0.3) is 5.91 Å². The van der Waals surface area contributed by atoms with E-state index in [2.05, 4.69) is 20.7 Å². The Morgan fingerprint density at radius 1 is 1.11 bits per heavy atom. The molecule has 1 aliphatic heterocycles. The average Bonchev–Trinajstić information content (AvgIpc) is 3.36. The maximum atomic E-state index is 14.1. The molecule has 2 heterocycles. The van der Waals surface area contributed by atoms with Gasteiger partial charge in [0, 0.05) is 16.9 Å². The van der Waals surface area contributed by atoms with Crippen LogP contribution >= 0.6 is 11.6 Å². The number of nitrogens with one attached hydrogen (secondary N) is 2. The molecular formula is C27H23ClFN5O3. The van der Waals surface area contributed by atoms with Crippen LogP contribution in [0.5, 0.6) is 11.5 Å². The fourth-order valence-corrected chi connectivity index (χ4v) is 4.36. The average molecular weight is 520 g/mol. The van der Waals surface area contributed by atoms with Crippen LogP contribution in [0, 0.1) is 5.82 Å². The first-order valence-corrected chi connectivity index (χ1v) is 11.8. The van der Waals surface area contributed by atoms with Gasteiger partial charge >= 0.3 is 0 Å². The van der Waals surface area contributed by atoms with Gasteiger partial charge in [-0.3, -0.25) is 4.79 Å². The molecule has 0 unspecified atom stereocenters. The summed E-state index contributed by atoms with van der Waals surface area (Å²) < 4.78 is 26.7. The molecule has 4 aromatic rings. The summed E-state index contributed by atoms with van der Waals surface area (Å²) in [6, 6.07) is 18.3. The molecule has 5 rings (SSSR count). The minimum absolute atomic E-state index is 0.0139. The number of amides is 1. The maximum Gasteiger partial charge on any atom is 0.255 e. The topological polar surface area (TPSA) is 90.3 Å². The molecule has 3 aromatic carbocycles. The normalized spacial score (nSPS) is 14.5. The number of fused-ring (bicyclic) bond motifs is 1. The number of aromatic nitrogens is 3. The molecule has 1 aliphatic rings. The summed E-state index contributed by atoms with van der Waals surface area (Å²) in [6.45, 7) is 1.81. The highest BCUT2D eigenvalue weighted by Crippen LogP contribution is 2.36. The Morgan fingerprint density at radius 3 is 2.54 bits per heavy atom. The third-order valence-electron chi connectivity index (χ3n) is 6.03. The Bertz CT molecular complexity index is 1450. The van der Waals surface area contributed by atoms with Crippen molar-refractivity contribution >= 4 is 29.1 Å². The largest absolute Gasteiger partial charge is 0.497 e. The molecule has 0 saturated carbocycles. The van der Waals surface area contributed by atoms with Gasteiger partial charge in [0.2, 0.25) is 5.95 Å². The zero-order chi connectivity index (χ0) is 25.9. The lowest BCUT2D eigenvalue weighted by molar-refractivity contribution is -0.113. The van der Waals surface area contributed by atoms with E-state index in [4.69, 9.17) is 21.1 Å². The second-order valence-electron chi connectivity index (χ2n) is 8.33. The molecule has 188 valence electrons. The SMILES string of the molecule is COc1ccc(NC(=O)C2=C(C)Nc3ncnn3[C@H]2c2ccc(OCc3c(F)cccc3Cl)cc2)cc1. The van der Waals surface area contributed by atoms with E-state index < -0.39 is 11.9 Å². The van der Waals surface area contributed by atoms with E-state index in [0.29, 0.717) is 39.4 Å². The number of halogens is 2. The minimum Gasteiger partial charge on any atom is -0.497 e. The number of nitrogens with zero attached hydrogens (tertiary/aromatic N) is 3. The third kappa shape index (κ3) is 4.99. The Balaban J connectivity index is 1.40. The highest BCUT2D eigenvalue weighted by Gasteiger charge is 2.33. The number of carbonyl (C=O) groups excluding carboxylic acids is 1. The van der Waals surface area contributed by atoms with Gasteiger partial charge in [-0.15, -0.1) is 0 Å². The van der Waals surface area contributed by atoms with Crippen LogP contribution in [-0.4, -0.2) is 27.8 Å². The number of benzene rings is 3. The monoisotopic (exact) mass is 519 g/mol. The number of allylic oxidation sites excluding steroid dienone is 1. The van der Waals surface area contributed by atoms with Gasteiger partial charge in [0.15, 0.2) is 0 Å². The molecule has 0 aliphatic carbocycles. The molecular weight excluding hydrogens is 497 g/mol. The van der Waals surface area contributed by atoms with Crippen LogP contribution < -0.4 is 20.1 Å². The first-order chi connectivity index (χ1) is 17.9. The summed E-state index contributed by atoms with van der Waals surface area (Å²) >= 11 is 6.10. The number of ether oxygens (including phenoxy) is 2. The van der Waals surface area contributed by atoms with E-state index in [1.807, 2.05) is 19.1 Å². The van der Waals surface area contributed by atoms with Gasteiger partial charge in [0.05, 0.1) is 17.7 Å². The standard InChI is InChI=1S/C27H23ClFN5O3/c1-16-24(26(35)33-18-8-12-19(36-2)13-9-18)25(34-27(32-16)30-15-31-34)17-6-10-20(11-7-17)37-14-21-22(28)4-3-5-23(21)29/h3-13,15,25H,14H2,1-2H3,(H,33,35)(H,30,31,32)/t25-/m0/s1. The quantitative estimate of drug-likeness (QED) is 0.331. The summed E-state index contributed by atoms with van der Waals surface area (Å²) in [6.07, 6.45) is 1.43. The van der Waals surface area contributed by atoms with Gasteiger partial charge in [-0.25, -0.2) is 9.07 Å². The summed E-state index contributed by atoms with van der Waals surface area (Å²) in [5.41, 5.74) is 2.86. The van der Waals surface area contributed by atoms with E-state index in [1.54, 1.807) is 60.3 Å². The maximum absolute atomic E-state index is 14.1. The molecule has 0 bridgehead atoms. The number of hydrogen-bond donors (Lipinski definition) is 2. The van der Waals surface area contributed by atoms with Crippen LogP contribution in [0.2, 0.25) is 5.02 Å². The minimum atomic E-state index is -0.535. The Hall–Kier alpha value is -4.37. The lowest BCUT2D eigenvalue weighted by Crippen LogP contribution is -2.31. The van der Waals surface area contributed by atoms with Crippen molar-refractivity contribution in [3.8, 4) is 11.5 Å². The molecule has 8 nitrogen and oxygen atoms in total. The zero-order valence-corrected chi connectivity index (χ0v) is 20.8. The van der Waals surface area contributed by atoms with Crippen molar-refractivity contribution in [3.63, 3.8) is 0 Å². The van der Waals surface area contributed by atoms with Gasteiger partial charge in [-0.05, 0) is 61.0 Å². The Labute approximate surface area is 217 Å². The van der Waals surface area contributed by atoms with Gasteiger partial charge in [0.1, 0.15) is 36.3 Å². The Morgan fingerprint density at radius 2 is 1.84 bits per heavy atom. The van der Waals surface area contributed by atoms with Crippen LogP contribution in [-0.2, 0) is 11.4 Å². The van der Waals surface area contributed by atoms with E-state index in [0.717, 1.165) is 5.56 Å². The van der Waals surface area contributed by atoms with E-state index in [9.17, 15) is 9.18 Å². The number of rotatable bonds is 7. The summed E-state index contributed by atoms with van der Waals surface area (Å²) in [5, 5.41) is 10.8. The fourth-order valence-electron chi connectivity index (χ4n) is 4.14. The first kappa shape index (κ1) is 24.3. The predicted octanol–water partition coefficient (Wildman–Crippen LogP) is 5.59. The molecule has 0 spiro atoms. The molecule has 0 saturated heterocycles. The fraction of sp³-hybridized carbons (Fsp3) is 0.148.